The third-order valence-electron chi connectivity index (χ3n) is 2.64. The Bertz CT molecular complexity index is 506. The fraction of sp³-hybridized carbons (Fsp3) is 0.214. The minimum absolute atomic E-state index is 0.748. The minimum atomic E-state index is 0.748. The molecule has 0 spiro atoms. The smallest absolute Gasteiger partial charge is 0.0595 e. The van der Waals surface area contributed by atoms with Crippen molar-refractivity contribution in [3.05, 3.63) is 57.8 Å². The molecule has 1 N–H and O–H groups in total. The average molecular weight is 291 g/mol. The highest BCUT2D eigenvalue weighted by Gasteiger charge is 1.99. The van der Waals surface area contributed by atoms with Crippen LogP contribution in [0, 0.1) is 13.8 Å². The molecule has 0 aliphatic rings. The largest absolute Gasteiger partial charge is 0.379 e. The number of pyridine rings is 1. The Morgan fingerprint density at radius 1 is 1.18 bits per heavy atom. The molecule has 1 heterocycles. The first kappa shape index (κ1) is 12.1. The van der Waals surface area contributed by atoms with E-state index in [0.717, 1.165) is 16.7 Å². The van der Waals surface area contributed by atoms with Gasteiger partial charge in [-0.3, -0.25) is 4.98 Å². The molecule has 3 heteroatoms. The summed E-state index contributed by atoms with van der Waals surface area (Å²) in [4.78, 5) is 4.34. The van der Waals surface area contributed by atoms with Gasteiger partial charge in [0.15, 0.2) is 0 Å². The van der Waals surface area contributed by atoms with Gasteiger partial charge in [-0.15, -0.1) is 0 Å². The molecular formula is C14H15BrN2. The molecule has 0 unspecified atom stereocenters. The molecule has 0 saturated carbocycles. The molecule has 0 aliphatic heterocycles. The number of nitrogens with one attached hydrogen (secondary N) is 1. The fourth-order valence-corrected chi connectivity index (χ4v) is 1.86. The van der Waals surface area contributed by atoms with Crippen LogP contribution >= 0.6 is 15.9 Å². The summed E-state index contributed by atoms with van der Waals surface area (Å²) in [6.07, 6.45) is 1.82. The van der Waals surface area contributed by atoms with Crippen LogP contribution in [0.5, 0.6) is 0 Å². The molecule has 2 rings (SSSR count). The first-order chi connectivity index (χ1) is 8.15. The lowest BCUT2D eigenvalue weighted by molar-refractivity contribution is 1.04. The second-order valence-corrected chi connectivity index (χ2v) is 5.06. The van der Waals surface area contributed by atoms with Crippen molar-refractivity contribution in [3.8, 4) is 0 Å². The van der Waals surface area contributed by atoms with Gasteiger partial charge in [0, 0.05) is 16.4 Å². The van der Waals surface area contributed by atoms with Crippen LogP contribution in [0.4, 0.5) is 5.69 Å². The van der Waals surface area contributed by atoms with Gasteiger partial charge in [0.1, 0.15) is 0 Å². The fourth-order valence-electron chi connectivity index (χ4n) is 1.62. The number of benzene rings is 1. The Kier molecular flexibility index (Phi) is 3.79. The van der Waals surface area contributed by atoms with Crippen molar-refractivity contribution >= 4 is 21.6 Å². The number of aromatic nitrogens is 1. The highest BCUT2D eigenvalue weighted by Crippen LogP contribution is 2.17. The Morgan fingerprint density at radius 2 is 2.00 bits per heavy atom. The summed E-state index contributed by atoms with van der Waals surface area (Å²) in [5, 5.41) is 3.41. The second kappa shape index (κ2) is 5.32. The van der Waals surface area contributed by atoms with E-state index in [1.807, 2.05) is 18.3 Å². The van der Waals surface area contributed by atoms with E-state index in [9.17, 15) is 0 Å². The standard InChI is InChI=1S/C14H15BrN2/c1-10-3-4-11(2)14(7-10)17-9-13-6-5-12(15)8-16-13/h3-8,17H,9H2,1-2H3. The molecule has 17 heavy (non-hydrogen) atoms. The molecule has 0 amide bonds. The molecule has 2 aromatic rings. The number of nitrogens with zero attached hydrogens (tertiary/aromatic N) is 1. The molecule has 1 aromatic heterocycles. The maximum absolute atomic E-state index is 4.34. The van der Waals surface area contributed by atoms with Crippen molar-refractivity contribution in [2.45, 2.75) is 20.4 Å². The minimum Gasteiger partial charge on any atom is -0.379 e. The van der Waals surface area contributed by atoms with Gasteiger partial charge in [-0.1, -0.05) is 12.1 Å². The van der Waals surface area contributed by atoms with E-state index in [1.165, 1.54) is 16.8 Å². The van der Waals surface area contributed by atoms with Crippen LogP contribution in [0.1, 0.15) is 16.8 Å². The number of halogens is 1. The first-order valence-electron chi connectivity index (χ1n) is 5.57. The zero-order valence-corrected chi connectivity index (χ0v) is 11.6. The van der Waals surface area contributed by atoms with Crippen LogP contribution in [0.15, 0.2) is 41.0 Å². The zero-order chi connectivity index (χ0) is 12.3. The normalized spacial score (nSPS) is 10.3. The summed E-state index contributed by atoms with van der Waals surface area (Å²) < 4.78 is 1.01. The van der Waals surface area contributed by atoms with E-state index in [0.29, 0.717) is 0 Å². The van der Waals surface area contributed by atoms with E-state index < -0.39 is 0 Å². The number of hydrogen-bond acceptors (Lipinski definition) is 2. The maximum Gasteiger partial charge on any atom is 0.0595 e. The lowest BCUT2D eigenvalue weighted by Gasteiger charge is -2.10. The Hall–Kier alpha value is -1.35. The van der Waals surface area contributed by atoms with E-state index >= 15 is 0 Å². The molecule has 88 valence electrons. The summed E-state index contributed by atoms with van der Waals surface area (Å²) >= 11 is 3.38. The predicted octanol–water partition coefficient (Wildman–Crippen LogP) is 4.07. The van der Waals surface area contributed by atoms with Gasteiger partial charge in [0.2, 0.25) is 0 Å². The highest BCUT2D eigenvalue weighted by atomic mass is 79.9. The Labute approximate surface area is 110 Å². The Morgan fingerprint density at radius 3 is 2.71 bits per heavy atom. The van der Waals surface area contributed by atoms with E-state index in [-0.39, 0.29) is 0 Å². The predicted molar refractivity (Wildman–Crippen MR) is 75.2 cm³/mol. The van der Waals surface area contributed by atoms with Crippen molar-refractivity contribution in [2.24, 2.45) is 0 Å². The summed E-state index contributed by atoms with van der Waals surface area (Å²) in [6.45, 7) is 4.96. The van der Waals surface area contributed by atoms with Gasteiger partial charge in [0.05, 0.1) is 12.2 Å². The number of aryl methyl sites for hydroxylation is 2. The van der Waals surface area contributed by atoms with Crippen LogP contribution < -0.4 is 5.32 Å². The molecular weight excluding hydrogens is 276 g/mol. The van der Waals surface area contributed by atoms with Crippen LogP contribution in [0.3, 0.4) is 0 Å². The van der Waals surface area contributed by atoms with Gasteiger partial charge in [0.25, 0.3) is 0 Å². The lowest BCUT2D eigenvalue weighted by Crippen LogP contribution is -2.02. The molecule has 0 saturated heterocycles. The highest BCUT2D eigenvalue weighted by molar-refractivity contribution is 9.10. The molecule has 2 nitrogen and oxygen atoms in total. The van der Waals surface area contributed by atoms with Gasteiger partial charge in [-0.25, -0.2) is 0 Å². The van der Waals surface area contributed by atoms with E-state index in [1.54, 1.807) is 0 Å². The van der Waals surface area contributed by atoms with Crippen LogP contribution in [0.25, 0.3) is 0 Å². The zero-order valence-electron chi connectivity index (χ0n) is 10.00. The van der Waals surface area contributed by atoms with Gasteiger partial charge in [-0.2, -0.15) is 0 Å². The van der Waals surface area contributed by atoms with Crippen molar-refractivity contribution in [2.75, 3.05) is 5.32 Å². The van der Waals surface area contributed by atoms with Crippen LogP contribution in [0.2, 0.25) is 0 Å². The number of anilines is 1. The quantitative estimate of drug-likeness (QED) is 0.922. The molecule has 0 aliphatic carbocycles. The van der Waals surface area contributed by atoms with Crippen LogP contribution in [-0.4, -0.2) is 4.98 Å². The van der Waals surface area contributed by atoms with E-state index in [4.69, 9.17) is 0 Å². The molecule has 0 bridgehead atoms. The third kappa shape index (κ3) is 3.30. The molecule has 1 aromatic carbocycles. The number of rotatable bonds is 3. The molecule has 0 atom stereocenters. The van der Waals surface area contributed by atoms with Gasteiger partial charge < -0.3 is 5.32 Å². The topological polar surface area (TPSA) is 24.9 Å². The average Bonchev–Trinajstić information content (AvgIpc) is 2.32. The van der Waals surface area contributed by atoms with Crippen molar-refractivity contribution in [3.63, 3.8) is 0 Å². The van der Waals surface area contributed by atoms with Crippen molar-refractivity contribution in [1.29, 1.82) is 0 Å². The van der Waals surface area contributed by atoms with Crippen LogP contribution in [-0.2, 0) is 6.54 Å². The lowest BCUT2D eigenvalue weighted by atomic mass is 10.1. The maximum atomic E-state index is 4.34. The summed E-state index contributed by atoms with van der Waals surface area (Å²) in [6, 6.07) is 10.4. The third-order valence-corrected chi connectivity index (χ3v) is 3.11. The molecule has 0 fully saturated rings. The second-order valence-electron chi connectivity index (χ2n) is 4.14. The number of hydrogen-bond donors (Lipinski definition) is 1. The Balaban J connectivity index is 2.07. The summed E-state index contributed by atoms with van der Waals surface area (Å²) in [5.41, 5.74) is 4.73. The van der Waals surface area contributed by atoms with E-state index in [2.05, 4.69) is 58.3 Å². The summed E-state index contributed by atoms with van der Waals surface area (Å²) in [5.74, 6) is 0. The molecule has 0 radical (unpaired) electrons. The van der Waals surface area contributed by atoms with Crippen molar-refractivity contribution in [1.82, 2.24) is 4.98 Å². The van der Waals surface area contributed by atoms with Gasteiger partial charge in [-0.05, 0) is 59.1 Å². The SMILES string of the molecule is Cc1ccc(C)c(NCc2ccc(Br)cn2)c1. The monoisotopic (exact) mass is 290 g/mol. The van der Waals surface area contributed by atoms with Crippen molar-refractivity contribution < 1.29 is 0 Å². The summed E-state index contributed by atoms with van der Waals surface area (Å²) in [7, 11) is 0. The first-order valence-corrected chi connectivity index (χ1v) is 6.36. The van der Waals surface area contributed by atoms with Gasteiger partial charge >= 0.3 is 0 Å².